The third kappa shape index (κ3) is 2.98. The summed E-state index contributed by atoms with van der Waals surface area (Å²) in [7, 11) is 20.8. The first-order valence-electron chi connectivity index (χ1n) is 3.63. The summed E-state index contributed by atoms with van der Waals surface area (Å²) >= 11 is -3.35. The third-order valence-electron chi connectivity index (χ3n) is 1.62. The van der Waals surface area contributed by atoms with Crippen molar-refractivity contribution in [3.8, 4) is 11.5 Å². The predicted octanol–water partition coefficient (Wildman–Crippen LogP) is 2.57. The fraction of sp³-hybridized carbons (Fsp3) is 0.250. The van der Waals surface area contributed by atoms with Crippen molar-refractivity contribution in [2.45, 2.75) is 0 Å². The average molecular weight is 371 g/mol. The van der Waals surface area contributed by atoms with Crippen LogP contribution in [0.25, 0.3) is 0 Å². The van der Waals surface area contributed by atoms with Gasteiger partial charge in [-0.3, -0.25) is 0 Å². The van der Waals surface area contributed by atoms with Crippen LogP contribution in [0.4, 0.5) is 0 Å². The van der Waals surface area contributed by atoms with Crippen LogP contribution in [0.5, 0.6) is 11.5 Å². The van der Waals surface area contributed by atoms with Crippen molar-refractivity contribution in [2.75, 3.05) is 14.2 Å². The van der Waals surface area contributed by atoms with Crippen LogP contribution in [0.2, 0.25) is 0 Å². The van der Waals surface area contributed by atoms with Crippen molar-refractivity contribution in [1.82, 2.24) is 0 Å². The summed E-state index contributed by atoms with van der Waals surface area (Å²) in [6, 6.07) is 5.21. The molecule has 6 heteroatoms. The number of rotatable bonds is 3. The first-order chi connectivity index (χ1) is 6.49. The molecule has 2 nitrogen and oxygen atoms in total. The van der Waals surface area contributed by atoms with Gasteiger partial charge in [-0.05, 0) is 0 Å². The molecule has 1 aromatic rings. The molecule has 0 saturated carbocycles. The van der Waals surface area contributed by atoms with E-state index in [2.05, 4.69) is 0 Å². The summed E-state index contributed by atoms with van der Waals surface area (Å²) in [6.07, 6.45) is 0. The summed E-state index contributed by atoms with van der Waals surface area (Å²) in [4.78, 5) is 0. The first kappa shape index (κ1) is 12.5. The van der Waals surface area contributed by atoms with E-state index in [0.29, 0.717) is 11.5 Å². The molecule has 0 heterocycles. The van der Waals surface area contributed by atoms with Crippen molar-refractivity contribution in [3.05, 3.63) is 18.2 Å². The van der Waals surface area contributed by atoms with E-state index in [-0.39, 0.29) is 0 Å². The molecule has 0 N–H and O–H groups in total. The van der Waals surface area contributed by atoms with Crippen molar-refractivity contribution in [1.29, 1.82) is 0 Å². The zero-order chi connectivity index (χ0) is 10.8. The van der Waals surface area contributed by atoms with E-state index in [1.165, 1.54) is 0 Å². The van der Waals surface area contributed by atoms with Crippen LogP contribution >= 0.6 is 26.9 Å². The van der Waals surface area contributed by atoms with Crippen LogP contribution in [0.3, 0.4) is 0 Å². The Labute approximate surface area is 98.1 Å². The van der Waals surface area contributed by atoms with E-state index < -0.39 is 14.8 Å². The second kappa shape index (κ2) is 5.01. The van der Waals surface area contributed by atoms with E-state index in [0.717, 1.165) is 3.61 Å². The normalized spacial score (nSPS) is 12.4. The van der Waals surface area contributed by atoms with Gasteiger partial charge >= 0.3 is 98.7 Å². The van der Waals surface area contributed by atoms with Crippen LogP contribution in [-0.2, 0) is 0 Å². The van der Waals surface area contributed by atoms with Gasteiger partial charge in [-0.25, -0.2) is 0 Å². The van der Waals surface area contributed by atoms with Crippen molar-refractivity contribution in [3.63, 3.8) is 0 Å². The number of halogens is 3. The molecule has 0 aliphatic carbocycles. The fourth-order valence-electron chi connectivity index (χ4n) is 0.961. The summed E-state index contributed by atoms with van der Waals surface area (Å²) in [6.45, 7) is 0. The molecule has 0 aliphatic heterocycles. The number of ether oxygens (including phenoxy) is 2. The number of hydrogen-bond donors (Lipinski definition) is 0. The van der Waals surface area contributed by atoms with Crippen molar-refractivity contribution < 1.29 is 9.47 Å². The van der Waals surface area contributed by atoms with Crippen molar-refractivity contribution >= 4 is 45.3 Å². The van der Waals surface area contributed by atoms with E-state index in [9.17, 15) is 0 Å². The molecule has 0 radical (unpaired) electrons. The maximum atomic E-state index is 5.91. The van der Waals surface area contributed by atoms with Crippen molar-refractivity contribution in [2.24, 2.45) is 0 Å². The SMILES string of the molecule is COc1ccc([Te](Cl)(Cl)Cl)cc1OC. The van der Waals surface area contributed by atoms with Crippen LogP contribution in [0.15, 0.2) is 18.2 Å². The maximum absolute atomic E-state index is 5.91. The summed E-state index contributed by atoms with van der Waals surface area (Å²) in [5, 5.41) is 0. The second-order valence-electron chi connectivity index (χ2n) is 2.42. The fourth-order valence-corrected chi connectivity index (χ4v) is 4.21. The Bertz CT molecular complexity index is 325. The monoisotopic (exact) mass is 372 g/mol. The average Bonchev–Trinajstić information content (AvgIpc) is 2.15. The molecule has 0 atom stereocenters. The molecular weight excluding hydrogens is 362 g/mol. The number of methoxy groups -OCH3 is 2. The molecule has 0 spiro atoms. The van der Waals surface area contributed by atoms with Gasteiger partial charge in [-0.2, -0.15) is 0 Å². The van der Waals surface area contributed by atoms with Crippen LogP contribution in [0.1, 0.15) is 0 Å². The molecule has 0 amide bonds. The second-order valence-corrected chi connectivity index (χ2v) is 18.6. The Morgan fingerprint density at radius 2 is 1.57 bits per heavy atom. The molecule has 0 unspecified atom stereocenters. The molecule has 0 bridgehead atoms. The van der Waals surface area contributed by atoms with Gasteiger partial charge in [0, 0.05) is 0 Å². The Morgan fingerprint density at radius 1 is 1.00 bits per heavy atom. The topological polar surface area (TPSA) is 18.5 Å². The van der Waals surface area contributed by atoms with E-state index in [1.54, 1.807) is 32.4 Å². The number of hydrogen-bond acceptors (Lipinski definition) is 2. The zero-order valence-electron chi connectivity index (χ0n) is 7.59. The molecule has 14 heavy (non-hydrogen) atoms. The Balaban J connectivity index is 3.14. The summed E-state index contributed by atoms with van der Waals surface area (Å²) in [5.74, 6) is 1.22. The Morgan fingerprint density at radius 3 is 2.00 bits per heavy atom. The molecule has 1 rings (SSSR count). The molecule has 0 fully saturated rings. The number of benzene rings is 1. The predicted molar refractivity (Wildman–Crippen MR) is 62.5 cm³/mol. The Kier molecular flexibility index (Phi) is 4.49. The van der Waals surface area contributed by atoms with E-state index in [4.69, 9.17) is 36.4 Å². The minimum absolute atomic E-state index is 0.586. The van der Waals surface area contributed by atoms with Gasteiger partial charge in [0.05, 0.1) is 0 Å². The zero-order valence-corrected chi connectivity index (χ0v) is 12.2. The molecular formula is C8H9Cl3O2Te. The van der Waals surface area contributed by atoms with Gasteiger partial charge in [0.15, 0.2) is 0 Å². The van der Waals surface area contributed by atoms with Crippen LogP contribution in [-0.4, -0.2) is 29.0 Å². The van der Waals surface area contributed by atoms with E-state index in [1.807, 2.05) is 0 Å². The minimum atomic E-state index is -3.35. The van der Waals surface area contributed by atoms with Crippen LogP contribution in [0, 0.1) is 0 Å². The molecule has 0 saturated heterocycles. The van der Waals surface area contributed by atoms with Gasteiger partial charge in [0.2, 0.25) is 0 Å². The molecule has 80 valence electrons. The van der Waals surface area contributed by atoms with Gasteiger partial charge in [-0.15, -0.1) is 0 Å². The van der Waals surface area contributed by atoms with Gasteiger partial charge in [-0.1, -0.05) is 0 Å². The van der Waals surface area contributed by atoms with Crippen LogP contribution < -0.4 is 13.1 Å². The third-order valence-corrected chi connectivity index (χ3v) is 7.46. The van der Waals surface area contributed by atoms with Gasteiger partial charge in [0.1, 0.15) is 0 Å². The first-order valence-corrected chi connectivity index (χ1v) is 13.6. The molecule has 0 aliphatic rings. The summed E-state index contributed by atoms with van der Waals surface area (Å²) in [5.41, 5.74) is 0. The molecule has 0 aromatic heterocycles. The van der Waals surface area contributed by atoms with Gasteiger partial charge in [0.25, 0.3) is 0 Å². The Hall–Kier alpha value is 0.480. The van der Waals surface area contributed by atoms with Gasteiger partial charge < -0.3 is 0 Å². The molecule has 1 aromatic carbocycles. The quantitative estimate of drug-likeness (QED) is 0.761. The van der Waals surface area contributed by atoms with E-state index >= 15 is 0 Å². The standard InChI is InChI=1S/C8H9Cl3O2Te/c1-12-7-4-3-6(14(9,10)11)5-8(7)13-2/h3-5H,1-2H3. The summed E-state index contributed by atoms with van der Waals surface area (Å²) < 4.78 is 10.9.